The van der Waals surface area contributed by atoms with Crippen molar-refractivity contribution >= 4 is 22.5 Å². The summed E-state index contributed by atoms with van der Waals surface area (Å²) in [6.45, 7) is 2.03. The van der Waals surface area contributed by atoms with Gasteiger partial charge in [0.05, 0.1) is 17.8 Å². The van der Waals surface area contributed by atoms with E-state index < -0.39 is 5.97 Å². The number of nitrogens with zero attached hydrogens (tertiary/aromatic N) is 2. The van der Waals surface area contributed by atoms with Crippen molar-refractivity contribution in [2.75, 3.05) is 6.61 Å². The van der Waals surface area contributed by atoms with Crippen LogP contribution in [-0.2, 0) is 4.74 Å². The summed E-state index contributed by atoms with van der Waals surface area (Å²) in [5.41, 5.74) is 3.03. The van der Waals surface area contributed by atoms with Crippen LogP contribution in [0.2, 0.25) is 0 Å². The standard InChI is InChI=1S/C20H16N2O3/c1-2-25-20(24)18-19(13-8-4-3-5-9-13)22-15-11-7-6-10-14(15)16(23)12-17(22)21-18/h3-12,23H,2H2,1H3. The number of para-hydroxylation sites is 1. The average molecular weight is 332 g/mol. The molecule has 0 radical (unpaired) electrons. The van der Waals surface area contributed by atoms with E-state index in [1.807, 2.05) is 59.0 Å². The van der Waals surface area contributed by atoms with Gasteiger partial charge < -0.3 is 9.84 Å². The lowest BCUT2D eigenvalue weighted by Gasteiger charge is -2.09. The maximum absolute atomic E-state index is 12.5. The molecule has 2 aromatic carbocycles. The Kier molecular flexibility index (Phi) is 3.61. The average Bonchev–Trinajstić information content (AvgIpc) is 3.02. The third-order valence-corrected chi connectivity index (χ3v) is 4.11. The lowest BCUT2D eigenvalue weighted by Crippen LogP contribution is -2.07. The molecule has 0 spiro atoms. The van der Waals surface area contributed by atoms with Gasteiger partial charge in [0, 0.05) is 17.0 Å². The van der Waals surface area contributed by atoms with Gasteiger partial charge >= 0.3 is 5.97 Å². The Hall–Kier alpha value is -3.34. The molecule has 0 aliphatic carbocycles. The van der Waals surface area contributed by atoms with E-state index in [-0.39, 0.29) is 18.1 Å². The van der Waals surface area contributed by atoms with Gasteiger partial charge in [-0.2, -0.15) is 0 Å². The lowest BCUT2D eigenvalue weighted by molar-refractivity contribution is 0.0521. The number of aromatic nitrogens is 2. The third-order valence-electron chi connectivity index (χ3n) is 4.11. The number of rotatable bonds is 3. The number of pyridine rings is 1. The van der Waals surface area contributed by atoms with Crippen molar-refractivity contribution in [2.24, 2.45) is 0 Å². The van der Waals surface area contributed by atoms with Crippen LogP contribution in [0.4, 0.5) is 0 Å². The van der Waals surface area contributed by atoms with Gasteiger partial charge in [-0.25, -0.2) is 9.78 Å². The summed E-state index contributed by atoms with van der Waals surface area (Å²) in [5.74, 6) is -0.350. The zero-order valence-corrected chi connectivity index (χ0v) is 13.6. The van der Waals surface area contributed by atoms with E-state index in [1.165, 1.54) is 0 Å². The van der Waals surface area contributed by atoms with Crippen molar-refractivity contribution in [3.05, 3.63) is 66.4 Å². The van der Waals surface area contributed by atoms with E-state index in [1.54, 1.807) is 13.0 Å². The van der Waals surface area contributed by atoms with Crippen molar-refractivity contribution in [1.82, 2.24) is 9.38 Å². The first-order chi connectivity index (χ1) is 12.2. The van der Waals surface area contributed by atoms with Gasteiger partial charge in [0.15, 0.2) is 5.69 Å². The molecule has 0 saturated carbocycles. The van der Waals surface area contributed by atoms with Crippen LogP contribution in [0.15, 0.2) is 60.7 Å². The molecule has 4 rings (SSSR count). The highest BCUT2D eigenvalue weighted by molar-refractivity contribution is 5.99. The number of hydrogen-bond acceptors (Lipinski definition) is 4. The van der Waals surface area contributed by atoms with Gasteiger partial charge in [-0.1, -0.05) is 42.5 Å². The van der Waals surface area contributed by atoms with Gasteiger partial charge in [-0.15, -0.1) is 0 Å². The predicted molar refractivity (Wildman–Crippen MR) is 95.8 cm³/mol. The maximum atomic E-state index is 12.5. The van der Waals surface area contributed by atoms with Crippen LogP contribution in [0.1, 0.15) is 17.4 Å². The first kappa shape index (κ1) is 15.2. The summed E-state index contributed by atoms with van der Waals surface area (Å²) in [6.07, 6.45) is 0. The van der Waals surface area contributed by atoms with Crippen LogP contribution in [0.5, 0.6) is 5.75 Å². The fourth-order valence-electron chi connectivity index (χ4n) is 3.07. The van der Waals surface area contributed by atoms with Crippen LogP contribution in [-0.4, -0.2) is 27.1 Å². The quantitative estimate of drug-likeness (QED) is 0.575. The van der Waals surface area contributed by atoms with E-state index >= 15 is 0 Å². The predicted octanol–water partition coefficient (Wildman–Crippen LogP) is 4.04. The van der Waals surface area contributed by atoms with E-state index in [9.17, 15) is 9.90 Å². The number of imidazole rings is 1. The molecule has 4 aromatic rings. The number of aromatic hydroxyl groups is 1. The normalized spacial score (nSPS) is 11.1. The highest BCUT2D eigenvalue weighted by Gasteiger charge is 2.23. The Morgan fingerprint density at radius 3 is 2.60 bits per heavy atom. The molecule has 0 bridgehead atoms. The van der Waals surface area contributed by atoms with Crippen molar-refractivity contribution in [1.29, 1.82) is 0 Å². The summed E-state index contributed by atoms with van der Waals surface area (Å²) in [7, 11) is 0. The maximum Gasteiger partial charge on any atom is 0.359 e. The number of carbonyl (C=O) groups is 1. The fourth-order valence-corrected chi connectivity index (χ4v) is 3.07. The SMILES string of the molecule is CCOC(=O)c1nc2cc(O)c3ccccc3n2c1-c1ccccc1. The van der Waals surface area contributed by atoms with E-state index in [4.69, 9.17) is 4.74 Å². The minimum Gasteiger partial charge on any atom is -0.507 e. The molecule has 0 saturated heterocycles. The molecule has 2 heterocycles. The molecule has 5 nitrogen and oxygen atoms in total. The van der Waals surface area contributed by atoms with Crippen LogP contribution < -0.4 is 0 Å². The molecule has 25 heavy (non-hydrogen) atoms. The Labute approximate surface area is 144 Å². The summed E-state index contributed by atoms with van der Waals surface area (Å²) in [6, 6.07) is 18.6. The fraction of sp³-hybridized carbons (Fsp3) is 0.100. The van der Waals surface area contributed by atoms with Crippen LogP contribution in [0, 0.1) is 0 Å². The second-order valence-electron chi connectivity index (χ2n) is 5.64. The highest BCUT2D eigenvalue weighted by Crippen LogP contribution is 2.33. The highest BCUT2D eigenvalue weighted by atomic mass is 16.5. The molecule has 0 atom stereocenters. The Balaban J connectivity index is 2.15. The Morgan fingerprint density at radius 2 is 1.84 bits per heavy atom. The van der Waals surface area contributed by atoms with Crippen molar-refractivity contribution < 1.29 is 14.6 Å². The number of ether oxygens (including phenoxy) is 1. The molecular formula is C20H16N2O3. The number of benzene rings is 2. The second-order valence-corrected chi connectivity index (χ2v) is 5.64. The minimum absolute atomic E-state index is 0.128. The van der Waals surface area contributed by atoms with E-state index in [0.717, 1.165) is 11.1 Å². The van der Waals surface area contributed by atoms with E-state index in [0.29, 0.717) is 16.7 Å². The number of fused-ring (bicyclic) bond motifs is 3. The molecule has 0 aliphatic rings. The van der Waals surface area contributed by atoms with Gasteiger partial charge in [-0.3, -0.25) is 4.40 Å². The smallest absolute Gasteiger partial charge is 0.359 e. The van der Waals surface area contributed by atoms with Crippen molar-refractivity contribution in [3.63, 3.8) is 0 Å². The Bertz CT molecular complexity index is 1080. The van der Waals surface area contributed by atoms with Crippen LogP contribution >= 0.6 is 0 Å². The summed E-state index contributed by atoms with van der Waals surface area (Å²) in [4.78, 5) is 16.9. The first-order valence-corrected chi connectivity index (χ1v) is 8.06. The lowest BCUT2D eigenvalue weighted by atomic mass is 10.1. The first-order valence-electron chi connectivity index (χ1n) is 8.06. The molecule has 5 heteroatoms. The zero-order valence-electron chi connectivity index (χ0n) is 13.6. The van der Waals surface area contributed by atoms with Gasteiger partial charge in [0.2, 0.25) is 0 Å². The molecule has 0 unspecified atom stereocenters. The van der Waals surface area contributed by atoms with Gasteiger partial charge in [-0.05, 0) is 19.1 Å². The monoisotopic (exact) mass is 332 g/mol. The van der Waals surface area contributed by atoms with Gasteiger partial charge in [0.1, 0.15) is 11.4 Å². The van der Waals surface area contributed by atoms with Crippen LogP contribution in [0.25, 0.3) is 27.8 Å². The number of carbonyl (C=O) groups excluding carboxylic acids is 1. The summed E-state index contributed by atoms with van der Waals surface area (Å²) in [5, 5.41) is 11.0. The Morgan fingerprint density at radius 1 is 1.12 bits per heavy atom. The van der Waals surface area contributed by atoms with E-state index in [2.05, 4.69) is 4.98 Å². The number of hydrogen-bond donors (Lipinski definition) is 1. The summed E-state index contributed by atoms with van der Waals surface area (Å²) >= 11 is 0. The van der Waals surface area contributed by atoms with Crippen molar-refractivity contribution in [3.8, 4) is 17.0 Å². The molecule has 1 N–H and O–H groups in total. The topological polar surface area (TPSA) is 63.8 Å². The second kappa shape index (κ2) is 5.94. The molecule has 124 valence electrons. The molecule has 0 fully saturated rings. The number of esters is 1. The zero-order chi connectivity index (χ0) is 17.4. The molecule has 2 aromatic heterocycles. The summed E-state index contributed by atoms with van der Waals surface area (Å²) < 4.78 is 7.07. The van der Waals surface area contributed by atoms with Crippen molar-refractivity contribution in [2.45, 2.75) is 6.92 Å². The third kappa shape index (κ3) is 2.41. The largest absolute Gasteiger partial charge is 0.507 e. The molecule has 0 amide bonds. The van der Waals surface area contributed by atoms with Crippen LogP contribution in [0.3, 0.4) is 0 Å². The molecule has 0 aliphatic heterocycles. The minimum atomic E-state index is -0.478. The van der Waals surface area contributed by atoms with Gasteiger partial charge in [0.25, 0.3) is 0 Å². The molecular weight excluding hydrogens is 316 g/mol.